The summed E-state index contributed by atoms with van der Waals surface area (Å²) in [6.07, 6.45) is 2.32. The van der Waals surface area contributed by atoms with Gasteiger partial charge in [0.25, 0.3) is 5.91 Å². The van der Waals surface area contributed by atoms with E-state index in [2.05, 4.69) is 31.2 Å². The van der Waals surface area contributed by atoms with E-state index in [-0.39, 0.29) is 5.91 Å². The zero-order valence-corrected chi connectivity index (χ0v) is 15.1. The highest BCUT2D eigenvalue weighted by Gasteiger charge is 2.19. The topological polar surface area (TPSA) is 59.5 Å². The number of carbonyl (C=O) groups is 1. The van der Waals surface area contributed by atoms with Gasteiger partial charge in [0.2, 0.25) is 0 Å². The lowest BCUT2D eigenvalue weighted by Crippen LogP contribution is -2.32. The molecule has 5 heteroatoms. The van der Waals surface area contributed by atoms with Crippen molar-refractivity contribution in [1.29, 1.82) is 0 Å². The Bertz CT molecular complexity index is 823. The maximum atomic E-state index is 12.9. The van der Waals surface area contributed by atoms with Gasteiger partial charge >= 0.3 is 0 Å². The number of nitrogens with zero attached hydrogens (tertiary/aromatic N) is 1. The molecule has 25 heavy (non-hydrogen) atoms. The third kappa shape index (κ3) is 4.59. The smallest absolute Gasteiger partial charge is 0.257 e. The lowest BCUT2D eigenvalue weighted by atomic mass is 10.1. The zero-order valence-electron chi connectivity index (χ0n) is 14.3. The Morgan fingerprint density at radius 3 is 2.64 bits per heavy atom. The number of thiophene rings is 1. The fourth-order valence-electron chi connectivity index (χ4n) is 2.70. The summed E-state index contributed by atoms with van der Waals surface area (Å²) in [6.45, 7) is 3.63. The summed E-state index contributed by atoms with van der Waals surface area (Å²) in [5, 5.41) is 0. The summed E-state index contributed by atoms with van der Waals surface area (Å²) in [6, 6.07) is 16.1. The number of rotatable bonds is 7. The van der Waals surface area contributed by atoms with Crippen molar-refractivity contribution in [3.05, 3.63) is 81.4 Å². The number of furan rings is 1. The lowest BCUT2D eigenvalue weighted by Gasteiger charge is -2.21. The molecule has 0 radical (unpaired) electrons. The Kier molecular flexibility index (Phi) is 5.68. The van der Waals surface area contributed by atoms with Crippen molar-refractivity contribution in [1.82, 2.24) is 4.90 Å². The van der Waals surface area contributed by atoms with Crippen LogP contribution in [0, 0.1) is 6.92 Å². The predicted octanol–water partition coefficient (Wildman–Crippen LogP) is 3.99. The number of hydrogen-bond acceptors (Lipinski definition) is 4. The Balaban J connectivity index is 1.76. The number of aryl methyl sites for hydroxylation is 1. The minimum atomic E-state index is -0.0227. The molecule has 0 fully saturated rings. The second kappa shape index (κ2) is 8.14. The van der Waals surface area contributed by atoms with Crippen LogP contribution in [-0.4, -0.2) is 17.4 Å². The van der Waals surface area contributed by atoms with Crippen molar-refractivity contribution in [3.8, 4) is 0 Å². The van der Waals surface area contributed by atoms with Crippen LogP contribution in [0.3, 0.4) is 0 Å². The average Bonchev–Trinajstić information content (AvgIpc) is 3.27. The van der Waals surface area contributed by atoms with Gasteiger partial charge in [0.05, 0.1) is 18.7 Å². The molecule has 2 heterocycles. The SMILES string of the molecule is Cc1ccc(CN(CCc2ccccc2)C(=O)c2coc(CN)c2)s1. The Morgan fingerprint density at radius 2 is 2.00 bits per heavy atom. The van der Waals surface area contributed by atoms with Gasteiger partial charge < -0.3 is 15.1 Å². The summed E-state index contributed by atoms with van der Waals surface area (Å²) < 4.78 is 5.33. The largest absolute Gasteiger partial charge is 0.467 e. The fourth-order valence-corrected chi connectivity index (χ4v) is 3.61. The fraction of sp³-hybridized carbons (Fsp3) is 0.250. The molecular formula is C20H22N2O2S. The molecule has 0 unspecified atom stereocenters. The number of nitrogens with two attached hydrogens (primary N) is 1. The first-order valence-electron chi connectivity index (χ1n) is 8.31. The second-order valence-electron chi connectivity index (χ2n) is 5.98. The van der Waals surface area contributed by atoms with Crippen LogP contribution in [0.5, 0.6) is 0 Å². The van der Waals surface area contributed by atoms with E-state index in [0.29, 0.717) is 31.0 Å². The maximum Gasteiger partial charge on any atom is 0.257 e. The third-order valence-electron chi connectivity index (χ3n) is 4.05. The summed E-state index contributed by atoms with van der Waals surface area (Å²) in [5.74, 6) is 0.601. The third-order valence-corrected chi connectivity index (χ3v) is 5.03. The molecule has 2 aromatic heterocycles. The number of carbonyl (C=O) groups excluding carboxylic acids is 1. The first-order valence-corrected chi connectivity index (χ1v) is 9.13. The van der Waals surface area contributed by atoms with Crippen LogP contribution in [-0.2, 0) is 19.5 Å². The molecule has 2 N–H and O–H groups in total. The quantitative estimate of drug-likeness (QED) is 0.698. The van der Waals surface area contributed by atoms with Crippen LogP contribution in [0.15, 0.2) is 59.2 Å². The number of amides is 1. The average molecular weight is 354 g/mol. The Hall–Kier alpha value is -2.37. The molecule has 1 amide bonds. The molecule has 0 spiro atoms. The maximum absolute atomic E-state index is 12.9. The zero-order chi connectivity index (χ0) is 17.6. The second-order valence-corrected chi connectivity index (χ2v) is 7.35. The molecule has 130 valence electrons. The van der Waals surface area contributed by atoms with Crippen molar-refractivity contribution in [3.63, 3.8) is 0 Å². The van der Waals surface area contributed by atoms with Crippen molar-refractivity contribution < 1.29 is 9.21 Å². The molecule has 1 aromatic carbocycles. The minimum Gasteiger partial charge on any atom is -0.467 e. The van der Waals surface area contributed by atoms with Gasteiger partial charge in [-0.15, -0.1) is 11.3 Å². The van der Waals surface area contributed by atoms with E-state index in [1.165, 1.54) is 21.6 Å². The molecule has 3 rings (SSSR count). The van der Waals surface area contributed by atoms with Gasteiger partial charge in [-0.25, -0.2) is 0 Å². The van der Waals surface area contributed by atoms with Crippen LogP contribution in [0.25, 0.3) is 0 Å². The van der Waals surface area contributed by atoms with Crippen molar-refractivity contribution in [2.24, 2.45) is 5.73 Å². The van der Waals surface area contributed by atoms with Crippen molar-refractivity contribution in [2.45, 2.75) is 26.4 Å². The van der Waals surface area contributed by atoms with E-state index in [1.807, 2.05) is 23.1 Å². The van der Waals surface area contributed by atoms with Crippen molar-refractivity contribution >= 4 is 17.2 Å². The highest BCUT2D eigenvalue weighted by Crippen LogP contribution is 2.19. The number of hydrogen-bond donors (Lipinski definition) is 1. The van der Waals surface area contributed by atoms with Gasteiger partial charge in [-0.05, 0) is 37.1 Å². The monoisotopic (exact) mass is 354 g/mol. The van der Waals surface area contributed by atoms with Crippen LogP contribution >= 0.6 is 11.3 Å². The van der Waals surface area contributed by atoms with E-state index >= 15 is 0 Å². The van der Waals surface area contributed by atoms with Crippen LogP contribution < -0.4 is 5.73 Å². The number of benzene rings is 1. The molecule has 0 aliphatic rings. The van der Waals surface area contributed by atoms with Gasteiger partial charge in [-0.2, -0.15) is 0 Å². The predicted molar refractivity (Wildman–Crippen MR) is 101 cm³/mol. The standard InChI is InChI=1S/C20H22N2O2S/c1-15-7-8-19(25-15)13-22(10-9-16-5-3-2-4-6-16)20(23)17-11-18(12-21)24-14-17/h2-8,11,14H,9-10,12-13,21H2,1H3. The molecule has 0 atom stereocenters. The lowest BCUT2D eigenvalue weighted by molar-refractivity contribution is 0.0746. The van der Waals surface area contributed by atoms with Crippen LogP contribution in [0.1, 0.15) is 31.4 Å². The molecule has 0 saturated heterocycles. The van der Waals surface area contributed by atoms with E-state index in [1.54, 1.807) is 17.4 Å². The van der Waals surface area contributed by atoms with E-state index < -0.39 is 0 Å². The Labute approximate surface area is 151 Å². The Morgan fingerprint density at radius 1 is 1.20 bits per heavy atom. The normalized spacial score (nSPS) is 10.8. The van der Waals surface area contributed by atoms with Gasteiger partial charge in [0, 0.05) is 16.3 Å². The summed E-state index contributed by atoms with van der Waals surface area (Å²) in [5.41, 5.74) is 7.36. The molecule has 0 saturated carbocycles. The first kappa shape index (κ1) is 17.5. The summed E-state index contributed by atoms with van der Waals surface area (Å²) in [4.78, 5) is 17.2. The molecule has 0 aliphatic carbocycles. The highest BCUT2D eigenvalue weighted by atomic mass is 32.1. The molecule has 0 aliphatic heterocycles. The van der Waals surface area contributed by atoms with Gasteiger partial charge in [-0.3, -0.25) is 4.79 Å². The van der Waals surface area contributed by atoms with Gasteiger partial charge in [-0.1, -0.05) is 30.3 Å². The highest BCUT2D eigenvalue weighted by molar-refractivity contribution is 7.11. The summed E-state index contributed by atoms with van der Waals surface area (Å²) in [7, 11) is 0. The van der Waals surface area contributed by atoms with E-state index in [4.69, 9.17) is 10.2 Å². The van der Waals surface area contributed by atoms with E-state index in [0.717, 1.165) is 6.42 Å². The first-order chi connectivity index (χ1) is 12.2. The van der Waals surface area contributed by atoms with Crippen molar-refractivity contribution in [2.75, 3.05) is 6.54 Å². The molecule has 0 bridgehead atoms. The van der Waals surface area contributed by atoms with Gasteiger partial charge in [0.1, 0.15) is 12.0 Å². The summed E-state index contributed by atoms with van der Waals surface area (Å²) >= 11 is 1.72. The molecular weight excluding hydrogens is 332 g/mol. The van der Waals surface area contributed by atoms with Crippen LogP contribution in [0.4, 0.5) is 0 Å². The van der Waals surface area contributed by atoms with Gasteiger partial charge in [0.15, 0.2) is 0 Å². The molecule has 4 nitrogen and oxygen atoms in total. The van der Waals surface area contributed by atoms with E-state index in [9.17, 15) is 4.79 Å². The molecule has 3 aromatic rings. The van der Waals surface area contributed by atoms with Crippen LogP contribution in [0.2, 0.25) is 0 Å². The minimum absolute atomic E-state index is 0.0227.